The molecule has 0 atom stereocenters. The van der Waals surface area contributed by atoms with E-state index in [0.29, 0.717) is 25.8 Å². The normalized spacial score (nSPS) is 10.3. The molecule has 0 aliphatic heterocycles. The molecule has 2 nitrogen and oxygen atoms in total. The largest absolute Gasteiger partial charge is 0.321 e. The van der Waals surface area contributed by atoms with E-state index in [-0.39, 0.29) is 5.91 Å². The molecule has 0 aliphatic rings. The lowest BCUT2D eigenvalue weighted by Gasteiger charge is -2.09. The molecule has 1 N–H and O–H groups in total. The minimum Gasteiger partial charge on any atom is -0.321 e. The van der Waals surface area contributed by atoms with E-state index in [2.05, 4.69) is 37.2 Å². The van der Waals surface area contributed by atoms with Gasteiger partial charge in [-0.3, -0.25) is 4.79 Å². The Bertz CT molecular complexity index is 647. The highest BCUT2D eigenvalue weighted by Crippen LogP contribution is 2.28. The highest BCUT2D eigenvalue weighted by Gasteiger charge is 2.12. The second-order valence-electron chi connectivity index (χ2n) is 3.70. The van der Waals surface area contributed by atoms with Gasteiger partial charge in [0, 0.05) is 19.0 Å². The monoisotopic (exact) mass is 421 g/mol. The molecule has 0 fully saturated rings. The van der Waals surface area contributed by atoms with Crippen LogP contribution >= 0.6 is 55.1 Å². The Morgan fingerprint density at radius 2 is 1.53 bits per heavy atom. The van der Waals surface area contributed by atoms with Gasteiger partial charge in [-0.25, -0.2) is 0 Å². The highest BCUT2D eigenvalue weighted by molar-refractivity contribution is 9.11. The van der Waals surface area contributed by atoms with Gasteiger partial charge in [0.05, 0.1) is 11.3 Å². The molecule has 2 rings (SSSR count). The lowest BCUT2D eigenvalue weighted by molar-refractivity contribution is 0.102. The van der Waals surface area contributed by atoms with Crippen molar-refractivity contribution in [1.29, 1.82) is 0 Å². The Hall–Kier alpha value is -0.550. The zero-order valence-corrected chi connectivity index (χ0v) is 14.1. The molecule has 2 aromatic carbocycles. The number of amides is 1. The van der Waals surface area contributed by atoms with Crippen LogP contribution in [0.15, 0.2) is 45.3 Å². The standard InChI is InChI=1S/C13H7Br2Cl2NO/c14-10-3-1-7(16)5-9(10)13(19)18-12-6-8(17)2-4-11(12)15/h1-6H,(H,18,19). The van der Waals surface area contributed by atoms with Crippen LogP contribution in [0.3, 0.4) is 0 Å². The van der Waals surface area contributed by atoms with Crippen LogP contribution in [0.25, 0.3) is 0 Å². The number of halogens is 4. The molecule has 1 amide bonds. The summed E-state index contributed by atoms with van der Waals surface area (Å²) in [7, 11) is 0. The van der Waals surface area contributed by atoms with Gasteiger partial charge < -0.3 is 5.32 Å². The molecular formula is C13H7Br2Cl2NO. The maximum absolute atomic E-state index is 12.2. The predicted octanol–water partition coefficient (Wildman–Crippen LogP) is 5.77. The smallest absolute Gasteiger partial charge is 0.256 e. The molecule has 19 heavy (non-hydrogen) atoms. The molecular weight excluding hydrogens is 417 g/mol. The molecule has 0 radical (unpaired) electrons. The first-order valence-corrected chi connectivity index (χ1v) is 7.53. The van der Waals surface area contributed by atoms with Gasteiger partial charge in [-0.15, -0.1) is 0 Å². The van der Waals surface area contributed by atoms with E-state index in [1.54, 1.807) is 36.4 Å². The molecule has 0 saturated heterocycles. The van der Waals surface area contributed by atoms with Crippen molar-refractivity contribution >= 4 is 66.7 Å². The van der Waals surface area contributed by atoms with Crippen LogP contribution < -0.4 is 5.32 Å². The van der Waals surface area contributed by atoms with Crippen LogP contribution in [0.5, 0.6) is 0 Å². The molecule has 0 aromatic heterocycles. The van der Waals surface area contributed by atoms with Crippen molar-refractivity contribution in [3.8, 4) is 0 Å². The maximum Gasteiger partial charge on any atom is 0.256 e. The van der Waals surface area contributed by atoms with E-state index in [1.807, 2.05) is 0 Å². The zero-order valence-electron chi connectivity index (χ0n) is 9.38. The average molecular weight is 424 g/mol. The minimum atomic E-state index is -0.266. The van der Waals surface area contributed by atoms with E-state index in [4.69, 9.17) is 23.2 Å². The van der Waals surface area contributed by atoms with Crippen molar-refractivity contribution in [2.75, 3.05) is 5.32 Å². The van der Waals surface area contributed by atoms with Crippen LogP contribution in [0, 0.1) is 0 Å². The Labute approximate surface area is 137 Å². The van der Waals surface area contributed by atoms with Crippen molar-refractivity contribution in [2.45, 2.75) is 0 Å². The third-order valence-electron chi connectivity index (χ3n) is 2.35. The van der Waals surface area contributed by atoms with Gasteiger partial charge >= 0.3 is 0 Å². The molecule has 0 saturated carbocycles. The summed E-state index contributed by atoms with van der Waals surface area (Å²) in [5.74, 6) is -0.266. The highest BCUT2D eigenvalue weighted by atomic mass is 79.9. The summed E-state index contributed by atoms with van der Waals surface area (Å²) in [5.41, 5.74) is 1.06. The van der Waals surface area contributed by atoms with Gasteiger partial charge in [0.2, 0.25) is 0 Å². The van der Waals surface area contributed by atoms with Crippen LogP contribution in [0.4, 0.5) is 5.69 Å². The molecule has 0 unspecified atom stereocenters. The second-order valence-corrected chi connectivity index (χ2v) is 6.28. The number of carbonyl (C=O) groups excluding carboxylic acids is 1. The van der Waals surface area contributed by atoms with Gasteiger partial charge in [-0.1, -0.05) is 23.2 Å². The van der Waals surface area contributed by atoms with E-state index in [9.17, 15) is 4.79 Å². The summed E-state index contributed by atoms with van der Waals surface area (Å²) in [6, 6.07) is 10.2. The van der Waals surface area contributed by atoms with Crippen LogP contribution in [0.1, 0.15) is 10.4 Å². The Balaban J connectivity index is 2.30. The minimum absolute atomic E-state index is 0.266. The number of hydrogen-bond donors (Lipinski definition) is 1. The van der Waals surface area contributed by atoms with Gasteiger partial charge in [-0.2, -0.15) is 0 Å². The fourth-order valence-electron chi connectivity index (χ4n) is 1.45. The topological polar surface area (TPSA) is 29.1 Å². The maximum atomic E-state index is 12.2. The molecule has 6 heteroatoms. The Morgan fingerprint density at radius 1 is 0.947 bits per heavy atom. The Kier molecular flexibility index (Phi) is 4.90. The average Bonchev–Trinajstić information content (AvgIpc) is 2.36. The SMILES string of the molecule is O=C(Nc1cc(Cl)ccc1Br)c1cc(Cl)ccc1Br. The molecule has 2 aromatic rings. The molecule has 98 valence electrons. The first-order valence-electron chi connectivity index (χ1n) is 5.19. The van der Waals surface area contributed by atoms with Gasteiger partial charge in [-0.05, 0) is 68.3 Å². The van der Waals surface area contributed by atoms with Gasteiger partial charge in [0.15, 0.2) is 0 Å². The summed E-state index contributed by atoms with van der Waals surface area (Å²) < 4.78 is 1.43. The first-order chi connectivity index (χ1) is 8.97. The number of anilines is 1. The van der Waals surface area contributed by atoms with Crippen LogP contribution in [-0.4, -0.2) is 5.91 Å². The van der Waals surface area contributed by atoms with E-state index in [0.717, 1.165) is 4.47 Å². The zero-order chi connectivity index (χ0) is 14.0. The molecule has 0 spiro atoms. The van der Waals surface area contributed by atoms with E-state index in [1.165, 1.54) is 0 Å². The third-order valence-corrected chi connectivity index (χ3v) is 4.20. The first kappa shape index (κ1) is 14.9. The molecule has 0 bridgehead atoms. The molecule has 0 heterocycles. The van der Waals surface area contributed by atoms with E-state index < -0.39 is 0 Å². The lowest BCUT2D eigenvalue weighted by atomic mass is 10.2. The number of carbonyl (C=O) groups is 1. The molecule has 0 aliphatic carbocycles. The summed E-state index contributed by atoms with van der Waals surface area (Å²) in [6.45, 7) is 0. The van der Waals surface area contributed by atoms with Crippen molar-refractivity contribution in [3.63, 3.8) is 0 Å². The number of hydrogen-bond acceptors (Lipinski definition) is 1. The van der Waals surface area contributed by atoms with Crippen LogP contribution in [0.2, 0.25) is 10.0 Å². The van der Waals surface area contributed by atoms with Crippen molar-refractivity contribution in [1.82, 2.24) is 0 Å². The third kappa shape index (κ3) is 3.72. The Morgan fingerprint density at radius 3 is 2.21 bits per heavy atom. The van der Waals surface area contributed by atoms with E-state index >= 15 is 0 Å². The number of nitrogens with one attached hydrogen (secondary N) is 1. The number of rotatable bonds is 2. The van der Waals surface area contributed by atoms with Crippen molar-refractivity contribution in [3.05, 3.63) is 61.0 Å². The fraction of sp³-hybridized carbons (Fsp3) is 0. The quantitative estimate of drug-likeness (QED) is 0.652. The lowest BCUT2D eigenvalue weighted by Crippen LogP contribution is -2.13. The predicted molar refractivity (Wildman–Crippen MR) is 86.3 cm³/mol. The number of benzene rings is 2. The summed E-state index contributed by atoms with van der Waals surface area (Å²) in [5, 5.41) is 3.82. The van der Waals surface area contributed by atoms with Crippen LogP contribution in [-0.2, 0) is 0 Å². The summed E-state index contributed by atoms with van der Waals surface area (Å²) >= 11 is 18.5. The summed E-state index contributed by atoms with van der Waals surface area (Å²) in [4.78, 5) is 12.2. The summed E-state index contributed by atoms with van der Waals surface area (Å²) in [6.07, 6.45) is 0. The van der Waals surface area contributed by atoms with Gasteiger partial charge in [0.25, 0.3) is 5.91 Å². The fourth-order valence-corrected chi connectivity index (χ4v) is 2.57. The van der Waals surface area contributed by atoms with Crippen molar-refractivity contribution < 1.29 is 4.79 Å². The van der Waals surface area contributed by atoms with Gasteiger partial charge in [0.1, 0.15) is 0 Å². The second kappa shape index (κ2) is 6.27. The van der Waals surface area contributed by atoms with Crippen molar-refractivity contribution in [2.24, 2.45) is 0 Å².